The highest BCUT2D eigenvalue weighted by atomic mass is 16.3. The molecule has 82 valence electrons. The minimum Gasteiger partial charge on any atom is -0.389 e. The highest BCUT2D eigenvalue weighted by molar-refractivity contribution is 5.15. The zero-order valence-corrected chi connectivity index (χ0v) is 9.56. The van der Waals surface area contributed by atoms with E-state index in [1.165, 1.54) is 5.56 Å². The van der Waals surface area contributed by atoms with E-state index in [0.29, 0.717) is 5.92 Å². The van der Waals surface area contributed by atoms with Gasteiger partial charge in [-0.2, -0.15) is 0 Å². The number of hydrogen-bond donors (Lipinski definition) is 1. The quantitative estimate of drug-likeness (QED) is 0.730. The molecule has 0 saturated carbocycles. The maximum absolute atomic E-state index is 9.54. The van der Waals surface area contributed by atoms with E-state index in [4.69, 9.17) is 0 Å². The molecule has 0 heterocycles. The van der Waals surface area contributed by atoms with Crippen molar-refractivity contribution in [3.05, 3.63) is 48.0 Å². The van der Waals surface area contributed by atoms with Crippen molar-refractivity contribution in [3.8, 4) is 0 Å². The van der Waals surface area contributed by atoms with Crippen LogP contribution in [0.3, 0.4) is 0 Å². The van der Waals surface area contributed by atoms with E-state index in [9.17, 15) is 5.11 Å². The normalized spacial score (nSPS) is 13.6. The summed E-state index contributed by atoms with van der Waals surface area (Å²) in [6.45, 7) is 4.04. The topological polar surface area (TPSA) is 20.2 Å². The van der Waals surface area contributed by atoms with Gasteiger partial charge >= 0.3 is 0 Å². The van der Waals surface area contributed by atoms with E-state index in [1.807, 2.05) is 26.0 Å². The van der Waals surface area contributed by atoms with Crippen molar-refractivity contribution >= 4 is 0 Å². The second-order valence-electron chi connectivity index (χ2n) is 4.19. The second-order valence-corrected chi connectivity index (χ2v) is 4.19. The van der Waals surface area contributed by atoms with Crippen LogP contribution in [0.4, 0.5) is 0 Å². The highest BCUT2D eigenvalue weighted by Crippen LogP contribution is 2.05. The Kier molecular flexibility index (Phi) is 5.13. The van der Waals surface area contributed by atoms with E-state index >= 15 is 0 Å². The summed E-state index contributed by atoms with van der Waals surface area (Å²) in [5.41, 5.74) is 1.35. The van der Waals surface area contributed by atoms with Crippen LogP contribution in [-0.2, 0) is 6.42 Å². The summed E-state index contributed by atoms with van der Waals surface area (Å²) in [6, 6.07) is 10.4. The minimum absolute atomic E-state index is 0.304. The molecule has 0 radical (unpaired) electrons. The maximum Gasteiger partial charge on any atom is 0.0743 e. The molecule has 0 bridgehead atoms. The van der Waals surface area contributed by atoms with Crippen molar-refractivity contribution < 1.29 is 5.11 Å². The highest BCUT2D eigenvalue weighted by Gasteiger charge is 2.02. The van der Waals surface area contributed by atoms with E-state index < -0.39 is 0 Å². The Morgan fingerprint density at radius 2 is 1.87 bits per heavy atom. The van der Waals surface area contributed by atoms with Gasteiger partial charge in [0.25, 0.3) is 0 Å². The van der Waals surface area contributed by atoms with E-state index in [1.54, 1.807) is 0 Å². The van der Waals surface area contributed by atoms with Crippen LogP contribution in [-0.4, -0.2) is 11.2 Å². The lowest BCUT2D eigenvalue weighted by Crippen LogP contribution is -2.10. The molecule has 0 spiro atoms. The molecular weight excluding hydrogens is 184 g/mol. The number of aliphatic hydroxyl groups is 1. The van der Waals surface area contributed by atoms with Gasteiger partial charge in [-0.15, -0.1) is 0 Å². The maximum atomic E-state index is 9.54. The molecule has 0 aliphatic rings. The van der Waals surface area contributed by atoms with Crippen LogP contribution in [0.25, 0.3) is 0 Å². The van der Waals surface area contributed by atoms with Crippen LogP contribution >= 0.6 is 0 Å². The van der Waals surface area contributed by atoms with Crippen LogP contribution in [0.5, 0.6) is 0 Å². The Morgan fingerprint density at radius 1 is 1.20 bits per heavy atom. The van der Waals surface area contributed by atoms with E-state index in [-0.39, 0.29) is 6.10 Å². The van der Waals surface area contributed by atoms with E-state index in [0.717, 1.165) is 12.8 Å². The van der Waals surface area contributed by atoms with Gasteiger partial charge in [-0.1, -0.05) is 56.3 Å². The summed E-state index contributed by atoms with van der Waals surface area (Å²) >= 11 is 0. The lowest BCUT2D eigenvalue weighted by molar-refractivity contribution is 0.172. The zero-order valence-electron chi connectivity index (χ0n) is 9.56. The van der Waals surface area contributed by atoms with Crippen molar-refractivity contribution in [3.63, 3.8) is 0 Å². The van der Waals surface area contributed by atoms with Gasteiger partial charge < -0.3 is 5.11 Å². The third-order valence-corrected chi connectivity index (χ3v) is 2.46. The summed E-state index contributed by atoms with van der Waals surface area (Å²) in [5.74, 6) is 0.304. The van der Waals surface area contributed by atoms with Crippen LogP contribution in [0.15, 0.2) is 42.5 Å². The van der Waals surface area contributed by atoms with Crippen molar-refractivity contribution in [1.82, 2.24) is 0 Å². The fourth-order valence-corrected chi connectivity index (χ4v) is 1.35. The number of aliphatic hydroxyl groups excluding tert-OH is 1. The van der Waals surface area contributed by atoms with Gasteiger partial charge in [0, 0.05) is 0 Å². The Bertz CT molecular complexity index is 287. The predicted octanol–water partition coefficient (Wildman–Crippen LogP) is 3.19. The lowest BCUT2D eigenvalue weighted by atomic mass is 10.1. The van der Waals surface area contributed by atoms with Gasteiger partial charge in [0.15, 0.2) is 0 Å². The van der Waals surface area contributed by atoms with Crippen molar-refractivity contribution in [1.29, 1.82) is 0 Å². The molecule has 1 N–H and O–H groups in total. The van der Waals surface area contributed by atoms with Gasteiger partial charge in [-0.3, -0.25) is 0 Å². The molecule has 0 aliphatic carbocycles. The number of rotatable bonds is 5. The Balaban J connectivity index is 2.28. The third-order valence-electron chi connectivity index (χ3n) is 2.46. The second kappa shape index (κ2) is 6.41. The molecule has 0 amide bonds. The first-order chi connectivity index (χ1) is 7.20. The zero-order chi connectivity index (χ0) is 11.1. The smallest absolute Gasteiger partial charge is 0.0743 e. The SMILES string of the molecule is CC(C)[C@H](O)/C=C/CCc1ccccc1. The predicted molar refractivity (Wildman–Crippen MR) is 64.7 cm³/mol. The Labute approximate surface area is 92.5 Å². The molecule has 1 atom stereocenters. The van der Waals surface area contributed by atoms with Gasteiger partial charge in [-0.25, -0.2) is 0 Å². The summed E-state index contributed by atoms with van der Waals surface area (Å²) in [6.07, 6.45) is 5.70. The monoisotopic (exact) mass is 204 g/mol. The summed E-state index contributed by atoms with van der Waals surface area (Å²) < 4.78 is 0. The summed E-state index contributed by atoms with van der Waals surface area (Å²) in [7, 11) is 0. The van der Waals surface area contributed by atoms with Crippen molar-refractivity contribution in [2.45, 2.75) is 32.8 Å². The van der Waals surface area contributed by atoms with E-state index in [2.05, 4.69) is 30.3 Å². The number of allylic oxidation sites excluding steroid dienone is 1. The molecule has 1 aromatic carbocycles. The summed E-state index contributed by atoms with van der Waals surface area (Å²) in [5, 5.41) is 9.54. The van der Waals surface area contributed by atoms with Gasteiger partial charge in [-0.05, 0) is 24.3 Å². The molecule has 15 heavy (non-hydrogen) atoms. The third kappa shape index (κ3) is 4.80. The number of hydrogen-bond acceptors (Lipinski definition) is 1. The van der Waals surface area contributed by atoms with Crippen LogP contribution in [0, 0.1) is 5.92 Å². The molecule has 1 heteroatoms. The van der Waals surface area contributed by atoms with Gasteiger partial charge in [0.1, 0.15) is 0 Å². The minimum atomic E-state index is -0.305. The fraction of sp³-hybridized carbons (Fsp3) is 0.429. The van der Waals surface area contributed by atoms with Gasteiger partial charge in [0.2, 0.25) is 0 Å². The Morgan fingerprint density at radius 3 is 2.47 bits per heavy atom. The molecule has 1 rings (SSSR count). The molecule has 1 aromatic rings. The number of benzene rings is 1. The molecule has 0 aliphatic heterocycles. The first-order valence-corrected chi connectivity index (χ1v) is 5.59. The van der Waals surface area contributed by atoms with Gasteiger partial charge in [0.05, 0.1) is 6.10 Å². The molecule has 0 fully saturated rings. The largest absolute Gasteiger partial charge is 0.389 e. The van der Waals surface area contributed by atoms with Crippen molar-refractivity contribution in [2.75, 3.05) is 0 Å². The van der Waals surface area contributed by atoms with Crippen LogP contribution < -0.4 is 0 Å². The Hall–Kier alpha value is -1.08. The average Bonchev–Trinajstić information content (AvgIpc) is 2.25. The molecule has 0 saturated heterocycles. The van der Waals surface area contributed by atoms with Crippen LogP contribution in [0.1, 0.15) is 25.8 Å². The van der Waals surface area contributed by atoms with Crippen LogP contribution in [0.2, 0.25) is 0 Å². The lowest BCUT2D eigenvalue weighted by Gasteiger charge is -2.08. The first kappa shape index (κ1) is 12.0. The molecule has 0 aromatic heterocycles. The van der Waals surface area contributed by atoms with Crippen molar-refractivity contribution in [2.24, 2.45) is 5.92 Å². The average molecular weight is 204 g/mol. The fourth-order valence-electron chi connectivity index (χ4n) is 1.35. The summed E-state index contributed by atoms with van der Waals surface area (Å²) in [4.78, 5) is 0. The number of aryl methyl sites for hydroxylation is 1. The molecule has 0 unspecified atom stereocenters. The molecule has 1 nitrogen and oxygen atoms in total. The first-order valence-electron chi connectivity index (χ1n) is 5.59. The molecular formula is C14H20O. The standard InChI is InChI=1S/C14H20O/c1-12(2)14(15)11-7-6-10-13-8-4-3-5-9-13/h3-5,7-9,11-12,14-15H,6,10H2,1-2H3/b11-7+/t14-/m1/s1.